The molecular weight excluding hydrogens is 348 g/mol. The number of carbonyl (C=O) groups is 1. The predicted octanol–water partition coefficient (Wildman–Crippen LogP) is 4.26. The Labute approximate surface area is 127 Å². The Hall–Kier alpha value is -1.92. The SMILES string of the molecule is O=C(Nc1cccc(Cl)c1)c1cccc([N+](=O)[O-])c1Br. The van der Waals surface area contributed by atoms with Crippen molar-refractivity contribution < 1.29 is 9.72 Å². The number of rotatable bonds is 3. The van der Waals surface area contributed by atoms with E-state index in [1.165, 1.54) is 18.2 Å². The second-order valence-corrected chi connectivity index (χ2v) is 5.09. The van der Waals surface area contributed by atoms with Crippen LogP contribution in [0.1, 0.15) is 10.4 Å². The van der Waals surface area contributed by atoms with Gasteiger partial charge < -0.3 is 5.32 Å². The van der Waals surface area contributed by atoms with Gasteiger partial charge in [0.05, 0.1) is 10.5 Å². The van der Waals surface area contributed by atoms with Crippen LogP contribution >= 0.6 is 27.5 Å². The van der Waals surface area contributed by atoms with Crippen LogP contribution in [0, 0.1) is 10.1 Å². The van der Waals surface area contributed by atoms with E-state index in [2.05, 4.69) is 21.2 Å². The maximum Gasteiger partial charge on any atom is 0.284 e. The number of nitrogens with one attached hydrogen (secondary N) is 1. The third kappa shape index (κ3) is 3.15. The first-order chi connectivity index (χ1) is 9.49. The predicted molar refractivity (Wildman–Crippen MR) is 80.2 cm³/mol. The number of hydrogen-bond acceptors (Lipinski definition) is 3. The number of benzene rings is 2. The van der Waals surface area contributed by atoms with Crippen molar-refractivity contribution in [2.24, 2.45) is 0 Å². The van der Waals surface area contributed by atoms with Gasteiger partial charge in [-0.3, -0.25) is 14.9 Å². The summed E-state index contributed by atoms with van der Waals surface area (Å²) in [6.07, 6.45) is 0. The van der Waals surface area contributed by atoms with Crippen LogP contribution in [-0.4, -0.2) is 10.8 Å². The summed E-state index contributed by atoms with van der Waals surface area (Å²) >= 11 is 8.90. The lowest BCUT2D eigenvalue weighted by Crippen LogP contribution is -2.13. The quantitative estimate of drug-likeness (QED) is 0.660. The van der Waals surface area contributed by atoms with E-state index in [4.69, 9.17) is 11.6 Å². The highest BCUT2D eigenvalue weighted by Crippen LogP contribution is 2.29. The van der Waals surface area contributed by atoms with Crippen molar-refractivity contribution in [2.75, 3.05) is 5.32 Å². The van der Waals surface area contributed by atoms with Crippen LogP contribution in [-0.2, 0) is 0 Å². The maximum absolute atomic E-state index is 12.1. The number of amides is 1. The fourth-order valence-corrected chi connectivity index (χ4v) is 2.38. The number of anilines is 1. The van der Waals surface area contributed by atoms with Gasteiger partial charge in [-0.05, 0) is 40.2 Å². The Morgan fingerprint density at radius 3 is 2.60 bits per heavy atom. The Morgan fingerprint density at radius 1 is 1.25 bits per heavy atom. The van der Waals surface area contributed by atoms with Gasteiger partial charge in [0.25, 0.3) is 11.6 Å². The van der Waals surface area contributed by atoms with Gasteiger partial charge in [0.2, 0.25) is 0 Å². The first kappa shape index (κ1) is 14.5. The van der Waals surface area contributed by atoms with Gasteiger partial charge in [-0.25, -0.2) is 0 Å². The van der Waals surface area contributed by atoms with E-state index in [0.29, 0.717) is 10.7 Å². The van der Waals surface area contributed by atoms with Crippen molar-refractivity contribution in [2.45, 2.75) is 0 Å². The topological polar surface area (TPSA) is 72.2 Å². The molecule has 2 aromatic carbocycles. The summed E-state index contributed by atoms with van der Waals surface area (Å²) in [4.78, 5) is 22.4. The minimum atomic E-state index is -0.555. The molecule has 2 rings (SSSR count). The average molecular weight is 356 g/mol. The van der Waals surface area contributed by atoms with Crippen molar-refractivity contribution >= 4 is 44.8 Å². The summed E-state index contributed by atoms with van der Waals surface area (Å²) in [5.41, 5.74) is 0.531. The molecule has 20 heavy (non-hydrogen) atoms. The van der Waals surface area contributed by atoms with Crippen molar-refractivity contribution in [3.8, 4) is 0 Å². The van der Waals surface area contributed by atoms with Crippen molar-refractivity contribution in [3.63, 3.8) is 0 Å². The number of nitrogens with zero attached hydrogens (tertiary/aromatic N) is 1. The molecule has 0 atom stereocenters. The molecule has 0 unspecified atom stereocenters. The number of nitro benzene ring substituents is 1. The smallest absolute Gasteiger partial charge is 0.284 e. The van der Waals surface area contributed by atoms with Gasteiger partial charge in [0.15, 0.2) is 0 Å². The molecule has 102 valence electrons. The molecule has 0 aliphatic heterocycles. The van der Waals surface area contributed by atoms with E-state index < -0.39 is 10.8 Å². The van der Waals surface area contributed by atoms with Crippen molar-refractivity contribution in [1.82, 2.24) is 0 Å². The highest BCUT2D eigenvalue weighted by molar-refractivity contribution is 9.10. The molecule has 1 amide bonds. The van der Waals surface area contributed by atoms with Gasteiger partial charge in [-0.15, -0.1) is 0 Å². The summed E-state index contributed by atoms with van der Waals surface area (Å²) in [7, 11) is 0. The van der Waals surface area contributed by atoms with E-state index in [1.807, 2.05) is 0 Å². The molecule has 0 aliphatic carbocycles. The number of carbonyl (C=O) groups excluding carboxylic acids is 1. The molecule has 1 N–H and O–H groups in total. The standard InChI is InChI=1S/C13H8BrClN2O3/c14-12-10(5-2-6-11(12)17(19)20)13(18)16-9-4-1-3-8(15)7-9/h1-7H,(H,16,18). The number of halogens is 2. The Morgan fingerprint density at radius 2 is 1.95 bits per heavy atom. The zero-order valence-electron chi connectivity index (χ0n) is 9.97. The lowest BCUT2D eigenvalue weighted by atomic mass is 10.2. The van der Waals surface area contributed by atoms with Crippen molar-refractivity contribution in [1.29, 1.82) is 0 Å². The summed E-state index contributed by atoms with van der Waals surface area (Å²) < 4.78 is 0.143. The molecule has 0 fully saturated rings. The van der Waals surface area contributed by atoms with Crippen LogP contribution in [0.4, 0.5) is 11.4 Å². The second kappa shape index (κ2) is 6.02. The Kier molecular flexibility index (Phi) is 4.36. The summed E-state index contributed by atoms with van der Waals surface area (Å²) in [5, 5.41) is 13.9. The number of nitro groups is 1. The van der Waals surface area contributed by atoms with Crippen LogP contribution < -0.4 is 5.32 Å². The number of hydrogen-bond donors (Lipinski definition) is 1. The van der Waals surface area contributed by atoms with E-state index in [9.17, 15) is 14.9 Å². The van der Waals surface area contributed by atoms with E-state index in [1.54, 1.807) is 24.3 Å². The maximum atomic E-state index is 12.1. The highest BCUT2D eigenvalue weighted by atomic mass is 79.9. The van der Waals surface area contributed by atoms with Gasteiger partial charge in [-0.1, -0.05) is 23.7 Å². The average Bonchev–Trinajstić information content (AvgIpc) is 2.38. The molecule has 0 bridgehead atoms. The molecule has 5 nitrogen and oxygen atoms in total. The molecule has 0 aromatic heterocycles. The Bertz CT molecular complexity index is 691. The minimum Gasteiger partial charge on any atom is -0.322 e. The zero-order valence-corrected chi connectivity index (χ0v) is 12.3. The largest absolute Gasteiger partial charge is 0.322 e. The molecular formula is C13H8BrClN2O3. The molecule has 0 aliphatic rings. The lowest BCUT2D eigenvalue weighted by Gasteiger charge is -2.07. The molecule has 7 heteroatoms. The zero-order chi connectivity index (χ0) is 14.7. The molecule has 0 saturated carbocycles. The van der Waals surface area contributed by atoms with Crippen LogP contribution in [0.25, 0.3) is 0 Å². The van der Waals surface area contributed by atoms with Crippen LogP contribution in [0.15, 0.2) is 46.9 Å². The van der Waals surface area contributed by atoms with Gasteiger partial charge in [0.1, 0.15) is 4.47 Å². The fraction of sp³-hybridized carbons (Fsp3) is 0. The van der Waals surface area contributed by atoms with Crippen LogP contribution in [0.2, 0.25) is 5.02 Å². The second-order valence-electron chi connectivity index (χ2n) is 3.86. The van der Waals surface area contributed by atoms with Gasteiger partial charge in [-0.2, -0.15) is 0 Å². The minimum absolute atomic E-state index is 0.143. The molecule has 0 saturated heterocycles. The third-order valence-electron chi connectivity index (χ3n) is 2.50. The van der Waals surface area contributed by atoms with Crippen LogP contribution in [0.5, 0.6) is 0 Å². The third-order valence-corrected chi connectivity index (χ3v) is 3.57. The van der Waals surface area contributed by atoms with Crippen LogP contribution in [0.3, 0.4) is 0 Å². The first-order valence-electron chi connectivity index (χ1n) is 5.49. The van der Waals surface area contributed by atoms with E-state index in [-0.39, 0.29) is 15.7 Å². The molecule has 2 aromatic rings. The highest BCUT2D eigenvalue weighted by Gasteiger charge is 2.19. The van der Waals surface area contributed by atoms with Gasteiger partial charge >= 0.3 is 0 Å². The Balaban J connectivity index is 2.30. The molecule has 0 spiro atoms. The van der Waals surface area contributed by atoms with Crippen molar-refractivity contribution in [3.05, 3.63) is 67.6 Å². The summed E-state index contributed by atoms with van der Waals surface area (Å²) in [5.74, 6) is -0.456. The first-order valence-corrected chi connectivity index (χ1v) is 6.66. The summed E-state index contributed by atoms with van der Waals surface area (Å²) in [6.45, 7) is 0. The fourth-order valence-electron chi connectivity index (χ4n) is 1.60. The molecule has 0 heterocycles. The summed E-state index contributed by atoms with van der Waals surface area (Å²) in [6, 6.07) is 10.9. The molecule has 0 radical (unpaired) electrons. The van der Waals surface area contributed by atoms with E-state index >= 15 is 0 Å². The van der Waals surface area contributed by atoms with E-state index in [0.717, 1.165) is 0 Å². The van der Waals surface area contributed by atoms with Gasteiger partial charge in [0, 0.05) is 16.8 Å². The monoisotopic (exact) mass is 354 g/mol. The normalized spacial score (nSPS) is 10.1. The lowest BCUT2D eigenvalue weighted by molar-refractivity contribution is -0.385.